The van der Waals surface area contributed by atoms with Gasteiger partial charge >= 0.3 is 0 Å². The van der Waals surface area contributed by atoms with Crippen LogP contribution >= 0.6 is 0 Å². The lowest BCUT2D eigenvalue weighted by atomic mass is 9.99. The van der Waals surface area contributed by atoms with Crippen LogP contribution in [-0.4, -0.2) is 63.3 Å². The summed E-state index contributed by atoms with van der Waals surface area (Å²) in [4.78, 5) is 0. The highest BCUT2D eigenvalue weighted by Gasteiger charge is 2.45. The Balaban J connectivity index is 2.71. The first kappa shape index (κ1) is 13.8. The molecule has 16 heavy (non-hydrogen) atoms. The summed E-state index contributed by atoms with van der Waals surface area (Å²) < 4.78 is 10.6. The average Bonchev–Trinajstić information content (AvgIpc) is 2.17. The van der Waals surface area contributed by atoms with Crippen molar-refractivity contribution in [3.8, 4) is 0 Å². The summed E-state index contributed by atoms with van der Waals surface area (Å²) in [7, 11) is 0. The lowest BCUT2D eigenvalue weighted by Crippen LogP contribution is -2.60. The normalized spacial score (nSPS) is 41.1. The first-order valence-electron chi connectivity index (χ1n) is 5.24. The van der Waals surface area contributed by atoms with E-state index in [1.54, 1.807) is 20.8 Å². The quantitative estimate of drug-likeness (QED) is 0.471. The molecular formula is C10H20O6. The van der Waals surface area contributed by atoms with Crippen LogP contribution in [0, 0.1) is 0 Å². The van der Waals surface area contributed by atoms with Crippen molar-refractivity contribution in [1.29, 1.82) is 0 Å². The highest BCUT2D eigenvalue weighted by atomic mass is 16.7. The standard InChI is InChI=1S/C10H20O6/c1-10(2,3)16-9-8(14)7(13)6(12)5(4-11)15-9/h5-9,11-14H,4H2,1-3H3/t5-,6-,7+,8-,9?/m0/s1. The third-order valence-corrected chi connectivity index (χ3v) is 2.32. The van der Waals surface area contributed by atoms with E-state index in [9.17, 15) is 15.3 Å². The molecule has 5 atom stereocenters. The predicted octanol–water partition coefficient (Wildman–Crippen LogP) is -1.40. The molecule has 1 heterocycles. The zero-order valence-corrected chi connectivity index (χ0v) is 9.70. The van der Waals surface area contributed by atoms with Crippen molar-refractivity contribution >= 4 is 0 Å². The van der Waals surface area contributed by atoms with Crippen molar-refractivity contribution in [3.63, 3.8) is 0 Å². The summed E-state index contributed by atoms with van der Waals surface area (Å²) >= 11 is 0. The van der Waals surface area contributed by atoms with Crippen LogP contribution in [0.1, 0.15) is 20.8 Å². The number of aliphatic hydroxyl groups excluding tert-OH is 4. The lowest BCUT2D eigenvalue weighted by Gasteiger charge is -2.41. The van der Waals surface area contributed by atoms with Crippen molar-refractivity contribution in [2.45, 2.75) is 57.1 Å². The Morgan fingerprint density at radius 3 is 2.06 bits per heavy atom. The molecule has 96 valence electrons. The van der Waals surface area contributed by atoms with E-state index in [-0.39, 0.29) is 0 Å². The van der Waals surface area contributed by atoms with E-state index < -0.39 is 42.9 Å². The molecule has 4 N–H and O–H groups in total. The van der Waals surface area contributed by atoms with Crippen LogP contribution in [0.5, 0.6) is 0 Å². The van der Waals surface area contributed by atoms with Crippen molar-refractivity contribution in [2.75, 3.05) is 6.61 Å². The van der Waals surface area contributed by atoms with Crippen LogP contribution in [0.2, 0.25) is 0 Å². The first-order chi connectivity index (χ1) is 7.26. The third-order valence-electron chi connectivity index (χ3n) is 2.32. The van der Waals surface area contributed by atoms with Gasteiger partial charge in [0.25, 0.3) is 0 Å². The summed E-state index contributed by atoms with van der Waals surface area (Å²) in [6, 6.07) is 0. The molecule has 1 saturated heterocycles. The van der Waals surface area contributed by atoms with Gasteiger partial charge in [0.1, 0.15) is 24.4 Å². The van der Waals surface area contributed by atoms with Gasteiger partial charge in [-0.05, 0) is 20.8 Å². The number of hydrogen-bond donors (Lipinski definition) is 4. The van der Waals surface area contributed by atoms with Crippen LogP contribution in [0.25, 0.3) is 0 Å². The van der Waals surface area contributed by atoms with E-state index in [1.165, 1.54) is 0 Å². The van der Waals surface area contributed by atoms with E-state index in [1.807, 2.05) is 0 Å². The maximum absolute atomic E-state index is 9.64. The van der Waals surface area contributed by atoms with Crippen LogP contribution in [-0.2, 0) is 9.47 Å². The second kappa shape index (κ2) is 4.95. The Bertz CT molecular complexity index is 224. The Morgan fingerprint density at radius 2 is 1.62 bits per heavy atom. The third kappa shape index (κ3) is 3.13. The summed E-state index contributed by atoms with van der Waals surface area (Å²) in [5.41, 5.74) is -0.562. The van der Waals surface area contributed by atoms with Crippen LogP contribution < -0.4 is 0 Å². The molecule has 1 unspecified atom stereocenters. The fourth-order valence-corrected chi connectivity index (χ4v) is 1.51. The predicted molar refractivity (Wildman–Crippen MR) is 54.6 cm³/mol. The summed E-state index contributed by atoms with van der Waals surface area (Å²) in [6.45, 7) is 4.87. The van der Waals surface area contributed by atoms with Gasteiger partial charge in [-0.3, -0.25) is 0 Å². The Kier molecular flexibility index (Phi) is 4.28. The van der Waals surface area contributed by atoms with E-state index in [2.05, 4.69) is 0 Å². The molecule has 0 amide bonds. The molecule has 0 aliphatic carbocycles. The topological polar surface area (TPSA) is 99.4 Å². The summed E-state index contributed by atoms with van der Waals surface area (Å²) in [6.07, 6.45) is -6.06. The fourth-order valence-electron chi connectivity index (χ4n) is 1.51. The minimum Gasteiger partial charge on any atom is -0.394 e. The van der Waals surface area contributed by atoms with Crippen molar-refractivity contribution in [2.24, 2.45) is 0 Å². The van der Waals surface area contributed by atoms with Crippen LogP contribution in [0.4, 0.5) is 0 Å². The minimum atomic E-state index is -1.39. The van der Waals surface area contributed by atoms with Gasteiger partial charge in [0.05, 0.1) is 12.2 Å². The highest BCUT2D eigenvalue weighted by molar-refractivity contribution is 4.89. The zero-order valence-electron chi connectivity index (χ0n) is 9.70. The fraction of sp³-hybridized carbons (Fsp3) is 1.00. The maximum Gasteiger partial charge on any atom is 0.187 e. The largest absolute Gasteiger partial charge is 0.394 e. The number of aliphatic hydroxyl groups is 4. The molecule has 1 rings (SSSR count). The smallest absolute Gasteiger partial charge is 0.187 e. The SMILES string of the molecule is CC(C)(C)OC1O[C@@H](CO)[C@H](O)[C@@H](O)[C@@H]1O. The van der Waals surface area contributed by atoms with Crippen LogP contribution in [0.15, 0.2) is 0 Å². The molecule has 0 saturated carbocycles. The van der Waals surface area contributed by atoms with Gasteiger partial charge in [-0.2, -0.15) is 0 Å². The number of ether oxygens (including phenoxy) is 2. The van der Waals surface area contributed by atoms with Crippen molar-refractivity contribution < 1.29 is 29.9 Å². The van der Waals surface area contributed by atoms with Crippen molar-refractivity contribution in [3.05, 3.63) is 0 Å². The van der Waals surface area contributed by atoms with Gasteiger partial charge in [0.15, 0.2) is 6.29 Å². The Morgan fingerprint density at radius 1 is 1.06 bits per heavy atom. The number of rotatable bonds is 2. The minimum absolute atomic E-state index is 0.449. The Hall–Kier alpha value is -0.240. The molecule has 0 aromatic rings. The van der Waals surface area contributed by atoms with Crippen LogP contribution in [0.3, 0.4) is 0 Å². The van der Waals surface area contributed by atoms with Gasteiger partial charge in [0, 0.05) is 0 Å². The number of hydrogen-bond acceptors (Lipinski definition) is 6. The van der Waals surface area contributed by atoms with E-state index in [0.29, 0.717) is 0 Å². The van der Waals surface area contributed by atoms with Gasteiger partial charge in [0.2, 0.25) is 0 Å². The van der Waals surface area contributed by atoms with Gasteiger partial charge in [-0.1, -0.05) is 0 Å². The van der Waals surface area contributed by atoms with E-state index in [0.717, 1.165) is 0 Å². The molecule has 6 heteroatoms. The van der Waals surface area contributed by atoms with Gasteiger partial charge in [-0.15, -0.1) is 0 Å². The molecular weight excluding hydrogens is 216 g/mol. The second-order valence-electron chi connectivity index (χ2n) is 4.93. The molecule has 1 aliphatic heterocycles. The monoisotopic (exact) mass is 236 g/mol. The lowest BCUT2D eigenvalue weighted by molar-refractivity contribution is -0.320. The van der Waals surface area contributed by atoms with Gasteiger partial charge < -0.3 is 29.9 Å². The average molecular weight is 236 g/mol. The molecule has 1 aliphatic rings. The van der Waals surface area contributed by atoms with Gasteiger partial charge in [-0.25, -0.2) is 0 Å². The molecule has 0 radical (unpaired) electrons. The van der Waals surface area contributed by atoms with E-state index >= 15 is 0 Å². The molecule has 6 nitrogen and oxygen atoms in total. The summed E-state index contributed by atoms with van der Waals surface area (Å²) in [5, 5.41) is 37.6. The maximum atomic E-state index is 9.64. The molecule has 0 spiro atoms. The molecule has 0 aromatic carbocycles. The highest BCUT2D eigenvalue weighted by Crippen LogP contribution is 2.25. The first-order valence-corrected chi connectivity index (χ1v) is 5.24. The molecule has 1 fully saturated rings. The molecule has 0 aromatic heterocycles. The zero-order chi connectivity index (χ0) is 12.5. The van der Waals surface area contributed by atoms with Crippen molar-refractivity contribution in [1.82, 2.24) is 0 Å². The molecule has 0 bridgehead atoms. The second-order valence-corrected chi connectivity index (χ2v) is 4.93. The van der Waals surface area contributed by atoms with E-state index in [4.69, 9.17) is 14.6 Å². The summed E-state index contributed by atoms with van der Waals surface area (Å²) in [5.74, 6) is 0. The Labute approximate surface area is 94.4 Å².